The number of aromatic nitrogens is 3. The Morgan fingerprint density at radius 3 is 2.58 bits per heavy atom. The van der Waals surface area contributed by atoms with E-state index in [4.69, 9.17) is 0 Å². The third-order valence-electron chi connectivity index (χ3n) is 5.39. The molecule has 9 nitrogen and oxygen atoms in total. The maximum absolute atomic E-state index is 12.9. The van der Waals surface area contributed by atoms with E-state index in [0.717, 1.165) is 25.9 Å². The Morgan fingerprint density at radius 1 is 1.23 bits per heavy atom. The number of rotatable bonds is 3. The number of fused-ring (bicyclic) bond motifs is 1. The van der Waals surface area contributed by atoms with E-state index in [9.17, 15) is 14.9 Å². The highest BCUT2D eigenvalue weighted by Gasteiger charge is 2.32. The van der Waals surface area contributed by atoms with E-state index in [-0.39, 0.29) is 11.6 Å². The van der Waals surface area contributed by atoms with Crippen molar-refractivity contribution in [2.24, 2.45) is 11.8 Å². The SMILES string of the molecule is O=C(c1ccc(-n2cncn2)c([N+](=O)[O-])c1)N1CC[C@@H]2CNC[C@@H]2CC1. The summed E-state index contributed by atoms with van der Waals surface area (Å²) in [7, 11) is 0. The Kier molecular flexibility index (Phi) is 4.37. The highest BCUT2D eigenvalue weighted by molar-refractivity contribution is 5.95. The summed E-state index contributed by atoms with van der Waals surface area (Å²) in [5.41, 5.74) is 0.475. The smallest absolute Gasteiger partial charge is 0.295 e. The molecule has 26 heavy (non-hydrogen) atoms. The summed E-state index contributed by atoms with van der Waals surface area (Å²) in [5.74, 6) is 1.10. The standard InChI is InChI=1S/C17H20N6O3/c24-17(21-5-3-13-8-18-9-14(13)4-6-21)12-1-2-15(16(7-12)23(25)26)22-11-19-10-20-22/h1-2,7,10-11,13-14,18H,3-6,8-9H2/t13-,14+. The van der Waals surface area contributed by atoms with Crippen LogP contribution in [0, 0.1) is 22.0 Å². The Morgan fingerprint density at radius 2 is 1.96 bits per heavy atom. The van der Waals surface area contributed by atoms with Gasteiger partial charge in [0, 0.05) is 24.7 Å². The molecule has 2 atom stereocenters. The van der Waals surface area contributed by atoms with E-state index >= 15 is 0 Å². The monoisotopic (exact) mass is 356 g/mol. The molecular weight excluding hydrogens is 336 g/mol. The molecule has 2 saturated heterocycles. The largest absolute Gasteiger partial charge is 0.339 e. The first kappa shape index (κ1) is 16.6. The number of hydrogen-bond acceptors (Lipinski definition) is 6. The van der Waals surface area contributed by atoms with Gasteiger partial charge in [-0.3, -0.25) is 14.9 Å². The number of carbonyl (C=O) groups excluding carboxylic acids is 1. The fourth-order valence-electron chi connectivity index (χ4n) is 3.93. The molecule has 0 radical (unpaired) electrons. The van der Waals surface area contributed by atoms with Gasteiger partial charge in [0.05, 0.1) is 4.92 Å². The molecule has 1 N–H and O–H groups in total. The minimum Gasteiger partial charge on any atom is -0.339 e. The molecular formula is C17H20N6O3. The number of nitro groups is 1. The lowest BCUT2D eigenvalue weighted by atomic mass is 9.92. The third kappa shape index (κ3) is 3.05. The molecule has 136 valence electrons. The van der Waals surface area contributed by atoms with Gasteiger partial charge in [-0.1, -0.05) is 0 Å². The van der Waals surface area contributed by atoms with Crippen molar-refractivity contribution in [1.29, 1.82) is 0 Å². The van der Waals surface area contributed by atoms with Crippen LogP contribution in [0.4, 0.5) is 5.69 Å². The predicted octanol–water partition coefficient (Wildman–Crippen LogP) is 1.25. The number of likely N-dealkylation sites (tertiary alicyclic amines) is 1. The Balaban J connectivity index is 1.58. The van der Waals surface area contributed by atoms with E-state index in [1.54, 1.807) is 12.1 Å². The van der Waals surface area contributed by atoms with Crippen LogP contribution in [0.2, 0.25) is 0 Å². The quantitative estimate of drug-likeness (QED) is 0.655. The van der Waals surface area contributed by atoms with Crippen LogP contribution in [-0.2, 0) is 0 Å². The molecule has 2 aliphatic rings. The summed E-state index contributed by atoms with van der Waals surface area (Å²) < 4.78 is 1.33. The number of nitro benzene ring substituents is 1. The summed E-state index contributed by atoms with van der Waals surface area (Å²) in [5, 5.41) is 18.8. The summed E-state index contributed by atoms with van der Waals surface area (Å²) in [6, 6.07) is 4.52. The highest BCUT2D eigenvalue weighted by Crippen LogP contribution is 2.29. The minimum absolute atomic E-state index is 0.147. The van der Waals surface area contributed by atoms with Crippen LogP contribution in [0.3, 0.4) is 0 Å². The lowest BCUT2D eigenvalue weighted by Crippen LogP contribution is -2.32. The maximum atomic E-state index is 12.9. The van der Waals surface area contributed by atoms with Gasteiger partial charge in [-0.05, 0) is 49.9 Å². The number of benzene rings is 1. The Bertz CT molecular complexity index is 808. The van der Waals surface area contributed by atoms with Crippen molar-refractivity contribution >= 4 is 11.6 Å². The van der Waals surface area contributed by atoms with Crippen molar-refractivity contribution in [1.82, 2.24) is 25.0 Å². The summed E-state index contributed by atoms with van der Waals surface area (Å²) in [4.78, 5) is 29.5. The molecule has 2 aromatic rings. The molecule has 1 aromatic heterocycles. The Labute approximate surface area is 150 Å². The van der Waals surface area contributed by atoms with E-state index in [1.807, 2.05) is 4.90 Å². The molecule has 1 aromatic carbocycles. The zero-order chi connectivity index (χ0) is 18.1. The molecule has 0 spiro atoms. The lowest BCUT2D eigenvalue weighted by Gasteiger charge is -2.21. The number of nitrogens with one attached hydrogen (secondary N) is 1. The van der Waals surface area contributed by atoms with Crippen LogP contribution < -0.4 is 5.32 Å². The second-order valence-corrected chi connectivity index (χ2v) is 6.85. The molecule has 9 heteroatoms. The predicted molar refractivity (Wildman–Crippen MR) is 93.0 cm³/mol. The van der Waals surface area contributed by atoms with Crippen LogP contribution in [0.15, 0.2) is 30.9 Å². The molecule has 0 unspecified atom stereocenters. The van der Waals surface area contributed by atoms with Crippen LogP contribution in [0.25, 0.3) is 5.69 Å². The molecule has 0 saturated carbocycles. The zero-order valence-corrected chi connectivity index (χ0v) is 14.2. The normalized spacial score (nSPS) is 22.7. The van der Waals surface area contributed by atoms with Crippen molar-refractivity contribution < 1.29 is 9.72 Å². The zero-order valence-electron chi connectivity index (χ0n) is 14.2. The van der Waals surface area contributed by atoms with E-state index < -0.39 is 4.92 Å². The highest BCUT2D eigenvalue weighted by atomic mass is 16.6. The van der Waals surface area contributed by atoms with Gasteiger partial charge in [0.2, 0.25) is 0 Å². The van der Waals surface area contributed by atoms with Gasteiger partial charge >= 0.3 is 0 Å². The molecule has 2 fully saturated rings. The van der Waals surface area contributed by atoms with Crippen LogP contribution >= 0.6 is 0 Å². The summed E-state index contributed by atoms with van der Waals surface area (Å²) in [6.45, 7) is 3.43. The Hall–Kier alpha value is -2.81. The minimum atomic E-state index is -0.494. The first-order valence-electron chi connectivity index (χ1n) is 8.77. The number of carbonyl (C=O) groups is 1. The summed E-state index contributed by atoms with van der Waals surface area (Å²) in [6.07, 6.45) is 4.66. The van der Waals surface area contributed by atoms with Gasteiger partial charge in [0.1, 0.15) is 18.3 Å². The van der Waals surface area contributed by atoms with Crippen LogP contribution in [-0.4, -0.2) is 56.7 Å². The van der Waals surface area contributed by atoms with Crippen molar-refractivity contribution in [3.63, 3.8) is 0 Å². The van der Waals surface area contributed by atoms with Gasteiger partial charge in [-0.2, -0.15) is 5.10 Å². The average Bonchev–Trinajstić information content (AvgIpc) is 3.30. The fraction of sp³-hybridized carbons (Fsp3) is 0.471. The van der Waals surface area contributed by atoms with Gasteiger partial charge in [-0.15, -0.1) is 0 Å². The third-order valence-corrected chi connectivity index (χ3v) is 5.39. The topological polar surface area (TPSA) is 106 Å². The van der Waals surface area contributed by atoms with Gasteiger partial charge in [0.25, 0.3) is 11.6 Å². The van der Waals surface area contributed by atoms with Crippen molar-refractivity contribution in [2.75, 3.05) is 26.2 Å². The first-order valence-corrected chi connectivity index (χ1v) is 8.77. The first-order chi connectivity index (χ1) is 12.6. The van der Waals surface area contributed by atoms with Crippen molar-refractivity contribution in [2.45, 2.75) is 12.8 Å². The van der Waals surface area contributed by atoms with Crippen LogP contribution in [0.1, 0.15) is 23.2 Å². The van der Waals surface area contributed by atoms with E-state index in [2.05, 4.69) is 15.4 Å². The fourth-order valence-corrected chi connectivity index (χ4v) is 3.93. The lowest BCUT2D eigenvalue weighted by molar-refractivity contribution is -0.384. The van der Waals surface area contributed by atoms with Crippen LogP contribution in [0.5, 0.6) is 0 Å². The maximum Gasteiger partial charge on any atom is 0.295 e. The summed E-state index contributed by atoms with van der Waals surface area (Å²) >= 11 is 0. The van der Waals surface area contributed by atoms with Crippen molar-refractivity contribution in [3.8, 4) is 5.69 Å². The number of nitrogens with zero attached hydrogens (tertiary/aromatic N) is 5. The molecule has 4 rings (SSSR count). The van der Waals surface area contributed by atoms with Gasteiger partial charge < -0.3 is 10.2 Å². The van der Waals surface area contributed by atoms with E-state index in [0.29, 0.717) is 36.2 Å². The second kappa shape index (κ2) is 6.83. The van der Waals surface area contributed by atoms with Gasteiger partial charge in [-0.25, -0.2) is 9.67 Å². The molecule has 0 aliphatic carbocycles. The molecule has 1 amide bonds. The number of amides is 1. The van der Waals surface area contributed by atoms with Crippen molar-refractivity contribution in [3.05, 3.63) is 46.5 Å². The van der Waals surface area contributed by atoms with E-state index in [1.165, 1.54) is 23.4 Å². The molecule has 3 heterocycles. The molecule has 2 aliphatic heterocycles. The van der Waals surface area contributed by atoms with Gasteiger partial charge in [0.15, 0.2) is 0 Å². The number of hydrogen-bond donors (Lipinski definition) is 1. The molecule has 0 bridgehead atoms. The average molecular weight is 356 g/mol. The second-order valence-electron chi connectivity index (χ2n) is 6.85.